The molecule has 0 aliphatic carbocycles. The van der Waals surface area contributed by atoms with Crippen molar-refractivity contribution >= 4 is 41.3 Å². The van der Waals surface area contributed by atoms with Crippen molar-refractivity contribution in [2.45, 2.75) is 32.4 Å². The van der Waals surface area contributed by atoms with Gasteiger partial charge in [0.25, 0.3) is 0 Å². The van der Waals surface area contributed by atoms with Gasteiger partial charge in [-0.3, -0.25) is 0 Å². The number of aliphatic hydroxyl groups is 1. The molecule has 0 bridgehead atoms. The van der Waals surface area contributed by atoms with Gasteiger partial charge >= 0.3 is 0 Å². The van der Waals surface area contributed by atoms with E-state index in [1.165, 1.54) is 0 Å². The third kappa shape index (κ3) is 6.25. The van der Waals surface area contributed by atoms with Gasteiger partial charge in [0.15, 0.2) is 17.5 Å². The number of nitrogens with one attached hydrogen (secondary N) is 2. The zero-order valence-electron chi connectivity index (χ0n) is 16.2. The summed E-state index contributed by atoms with van der Waals surface area (Å²) in [5.74, 6) is 2.23. The van der Waals surface area contributed by atoms with Crippen molar-refractivity contribution in [2.75, 3.05) is 26.3 Å². The molecular formula is C20H28IN3O3S. The first-order valence-corrected chi connectivity index (χ1v) is 10.2. The Labute approximate surface area is 187 Å². The summed E-state index contributed by atoms with van der Waals surface area (Å²) < 4.78 is 11.4. The standard InChI is InChI=1S/C20H27N3O3S.HI/c1-3-21-19(23-14-20(2,24)16-7-10-27-13-16)22-12-15-5-6-17-18(11-15)26-9-4-8-25-17;/h5-7,10-11,13,24H,3-4,8-9,12,14H2,1-2H3,(H2,21,22,23);1H. The molecule has 0 spiro atoms. The van der Waals surface area contributed by atoms with Gasteiger partial charge in [0.05, 0.1) is 26.3 Å². The molecule has 0 amide bonds. The lowest BCUT2D eigenvalue weighted by Crippen LogP contribution is -2.44. The molecular weight excluding hydrogens is 489 g/mol. The van der Waals surface area contributed by atoms with Crippen LogP contribution in [0.2, 0.25) is 0 Å². The van der Waals surface area contributed by atoms with Crippen molar-refractivity contribution in [1.82, 2.24) is 10.6 Å². The smallest absolute Gasteiger partial charge is 0.191 e. The van der Waals surface area contributed by atoms with Crippen LogP contribution in [-0.4, -0.2) is 37.4 Å². The highest BCUT2D eigenvalue weighted by Crippen LogP contribution is 2.30. The molecule has 2 heterocycles. The summed E-state index contributed by atoms with van der Waals surface area (Å²) in [5.41, 5.74) is 0.991. The highest BCUT2D eigenvalue weighted by atomic mass is 127. The lowest BCUT2D eigenvalue weighted by molar-refractivity contribution is 0.0621. The molecule has 3 rings (SSSR count). The number of benzene rings is 1. The molecule has 3 N–H and O–H groups in total. The Bertz CT molecular complexity index is 766. The molecule has 1 aromatic carbocycles. The summed E-state index contributed by atoms with van der Waals surface area (Å²) in [6.45, 7) is 6.79. The number of nitrogens with zero attached hydrogens (tertiary/aromatic N) is 1. The molecule has 2 aromatic rings. The van der Waals surface area contributed by atoms with Gasteiger partial charge in [-0.2, -0.15) is 11.3 Å². The number of thiophene rings is 1. The van der Waals surface area contributed by atoms with Gasteiger partial charge in [0.2, 0.25) is 0 Å². The van der Waals surface area contributed by atoms with E-state index in [9.17, 15) is 5.11 Å². The largest absolute Gasteiger partial charge is 0.490 e. The Morgan fingerprint density at radius 3 is 2.71 bits per heavy atom. The molecule has 6 nitrogen and oxygen atoms in total. The Morgan fingerprint density at radius 2 is 2.00 bits per heavy atom. The molecule has 0 saturated heterocycles. The average Bonchev–Trinajstić information content (AvgIpc) is 3.11. The van der Waals surface area contributed by atoms with Gasteiger partial charge in [-0.25, -0.2) is 4.99 Å². The van der Waals surface area contributed by atoms with Crippen LogP contribution in [0.15, 0.2) is 40.0 Å². The third-order valence-corrected chi connectivity index (χ3v) is 5.00. The first kappa shape index (κ1) is 22.8. The van der Waals surface area contributed by atoms with Crippen LogP contribution in [0, 0.1) is 0 Å². The maximum atomic E-state index is 10.7. The van der Waals surface area contributed by atoms with Crippen LogP contribution in [0.25, 0.3) is 0 Å². The first-order valence-electron chi connectivity index (χ1n) is 9.24. The van der Waals surface area contributed by atoms with Crippen molar-refractivity contribution < 1.29 is 14.6 Å². The summed E-state index contributed by atoms with van der Waals surface area (Å²) in [6, 6.07) is 7.86. The van der Waals surface area contributed by atoms with Gasteiger partial charge in [-0.05, 0) is 53.9 Å². The fraction of sp³-hybridized carbons (Fsp3) is 0.450. The van der Waals surface area contributed by atoms with Crippen LogP contribution in [-0.2, 0) is 12.1 Å². The molecule has 1 aromatic heterocycles. The number of guanidine groups is 1. The second-order valence-corrected chi connectivity index (χ2v) is 7.45. The van der Waals surface area contributed by atoms with E-state index < -0.39 is 5.60 Å². The summed E-state index contributed by atoms with van der Waals surface area (Å²) in [5, 5.41) is 21.0. The average molecular weight is 517 g/mol. The maximum absolute atomic E-state index is 10.7. The van der Waals surface area contributed by atoms with Crippen molar-refractivity contribution in [3.05, 3.63) is 46.2 Å². The number of aliphatic imine (C=N–C) groups is 1. The molecule has 0 saturated carbocycles. The Balaban J connectivity index is 0.00000280. The van der Waals surface area contributed by atoms with Crippen molar-refractivity contribution in [3.8, 4) is 11.5 Å². The van der Waals surface area contributed by atoms with Crippen LogP contribution in [0.3, 0.4) is 0 Å². The van der Waals surface area contributed by atoms with Crippen molar-refractivity contribution in [2.24, 2.45) is 4.99 Å². The second kappa shape index (κ2) is 10.9. The van der Waals surface area contributed by atoms with Gasteiger partial charge in [0, 0.05) is 13.0 Å². The van der Waals surface area contributed by atoms with E-state index in [2.05, 4.69) is 15.6 Å². The van der Waals surface area contributed by atoms with Crippen LogP contribution in [0.1, 0.15) is 31.4 Å². The molecule has 1 aliphatic heterocycles. The topological polar surface area (TPSA) is 75.1 Å². The normalized spacial score (nSPS) is 15.8. The van der Waals surface area contributed by atoms with Gasteiger partial charge in [-0.1, -0.05) is 6.07 Å². The number of halogens is 1. The fourth-order valence-electron chi connectivity index (χ4n) is 2.75. The fourth-order valence-corrected chi connectivity index (χ4v) is 3.53. The zero-order valence-corrected chi connectivity index (χ0v) is 19.4. The van der Waals surface area contributed by atoms with Gasteiger partial charge in [-0.15, -0.1) is 24.0 Å². The Hall–Kier alpha value is -1.52. The predicted octanol–water partition coefficient (Wildman–Crippen LogP) is 3.49. The summed E-state index contributed by atoms with van der Waals surface area (Å²) in [7, 11) is 0. The van der Waals surface area contributed by atoms with E-state index in [-0.39, 0.29) is 24.0 Å². The summed E-state index contributed by atoms with van der Waals surface area (Å²) >= 11 is 1.58. The molecule has 0 fully saturated rings. The summed E-state index contributed by atoms with van der Waals surface area (Å²) in [6.07, 6.45) is 0.890. The minimum absolute atomic E-state index is 0. The second-order valence-electron chi connectivity index (χ2n) is 6.67. The van der Waals surface area contributed by atoms with E-state index in [0.717, 1.165) is 35.6 Å². The number of hydrogen-bond donors (Lipinski definition) is 3. The van der Waals surface area contributed by atoms with Crippen LogP contribution in [0.4, 0.5) is 0 Å². The number of ether oxygens (including phenoxy) is 2. The quantitative estimate of drug-likeness (QED) is 0.311. The lowest BCUT2D eigenvalue weighted by Gasteiger charge is -2.24. The van der Waals surface area contributed by atoms with Gasteiger partial charge < -0.3 is 25.2 Å². The van der Waals surface area contributed by atoms with Gasteiger partial charge in [0.1, 0.15) is 5.60 Å². The minimum atomic E-state index is -0.953. The minimum Gasteiger partial charge on any atom is -0.490 e. The van der Waals surface area contributed by atoms with Crippen LogP contribution >= 0.6 is 35.3 Å². The van der Waals surface area contributed by atoms with Crippen LogP contribution in [0.5, 0.6) is 11.5 Å². The highest BCUT2D eigenvalue weighted by molar-refractivity contribution is 14.0. The highest BCUT2D eigenvalue weighted by Gasteiger charge is 2.23. The molecule has 1 unspecified atom stereocenters. The predicted molar refractivity (Wildman–Crippen MR) is 124 cm³/mol. The van der Waals surface area contributed by atoms with E-state index >= 15 is 0 Å². The first-order chi connectivity index (χ1) is 13.1. The Morgan fingerprint density at radius 1 is 1.21 bits per heavy atom. The van der Waals surface area contributed by atoms with Crippen molar-refractivity contribution in [1.29, 1.82) is 0 Å². The van der Waals surface area contributed by atoms with E-state index in [0.29, 0.717) is 32.3 Å². The lowest BCUT2D eigenvalue weighted by atomic mass is 9.99. The molecule has 1 atom stereocenters. The summed E-state index contributed by atoms with van der Waals surface area (Å²) in [4.78, 5) is 4.63. The SMILES string of the molecule is CCNC(=NCc1ccc2c(c1)OCCCO2)NCC(C)(O)c1ccsc1.I. The molecule has 0 radical (unpaired) electrons. The van der Waals surface area contributed by atoms with Crippen LogP contribution < -0.4 is 20.1 Å². The number of fused-ring (bicyclic) bond motifs is 1. The molecule has 28 heavy (non-hydrogen) atoms. The zero-order chi connectivity index (χ0) is 19.1. The Kier molecular flexibility index (Phi) is 8.84. The third-order valence-electron chi connectivity index (χ3n) is 4.32. The van der Waals surface area contributed by atoms with E-state index in [1.807, 2.05) is 41.9 Å². The van der Waals surface area contributed by atoms with Crippen molar-refractivity contribution in [3.63, 3.8) is 0 Å². The monoisotopic (exact) mass is 517 g/mol. The number of hydrogen-bond acceptors (Lipinski definition) is 5. The van der Waals surface area contributed by atoms with E-state index in [4.69, 9.17) is 9.47 Å². The molecule has 8 heteroatoms. The molecule has 154 valence electrons. The molecule has 1 aliphatic rings. The maximum Gasteiger partial charge on any atom is 0.191 e. The van der Waals surface area contributed by atoms with E-state index in [1.54, 1.807) is 18.3 Å². The number of rotatable bonds is 6.